The van der Waals surface area contributed by atoms with Gasteiger partial charge < -0.3 is 15.1 Å². The number of nitrogens with one attached hydrogen (secondary N) is 1. The second-order valence-corrected chi connectivity index (χ2v) is 8.13. The van der Waals surface area contributed by atoms with Gasteiger partial charge in [-0.2, -0.15) is 5.10 Å². The van der Waals surface area contributed by atoms with Gasteiger partial charge in [0, 0.05) is 50.9 Å². The Morgan fingerprint density at radius 1 is 1.35 bits per heavy atom. The van der Waals surface area contributed by atoms with Crippen LogP contribution in [-0.2, 0) is 13.6 Å². The lowest BCUT2D eigenvalue weighted by Gasteiger charge is -2.27. The van der Waals surface area contributed by atoms with Gasteiger partial charge in [0.05, 0.1) is 11.7 Å². The number of thiophene rings is 1. The minimum Gasteiger partial charge on any atom is -0.354 e. The van der Waals surface area contributed by atoms with Crippen LogP contribution >= 0.6 is 11.3 Å². The predicted octanol–water partition coefficient (Wildman–Crippen LogP) is 2.92. The number of aliphatic imine (C=N–C) groups is 1. The number of aryl methyl sites for hydroxylation is 1. The maximum absolute atomic E-state index is 4.60. The number of hydrogen-bond donors (Lipinski definition) is 1. The molecular formula is C19H32N6S. The molecule has 2 rings (SSSR count). The third-order valence-electron chi connectivity index (χ3n) is 4.41. The third-order valence-corrected chi connectivity index (χ3v) is 5.39. The largest absolute Gasteiger partial charge is 0.354 e. The monoisotopic (exact) mass is 376 g/mol. The van der Waals surface area contributed by atoms with Gasteiger partial charge in [-0.3, -0.25) is 9.67 Å². The van der Waals surface area contributed by atoms with Gasteiger partial charge in [-0.1, -0.05) is 19.9 Å². The molecule has 1 atom stereocenters. The standard InChI is InChI=1S/C19H32N6S/c1-14(2)18-15(13-25(7)22-18)12-24(6)19(20-3)21-11-16(23(4)5)17-9-8-10-26-17/h8-10,13-14,16H,11-12H2,1-7H3,(H,20,21). The lowest BCUT2D eigenvalue weighted by Crippen LogP contribution is -2.42. The zero-order valence-electron chi connectivity index (χ0n) is 17.0. The van der Waals surface area contributed by atoms with Gasteiger partial charge in [0.1, 0.15) is 0 Å². The fraction of sp³-hybridized carbons (Fsp3) is 0.579. The fourth-order valence-corrected chi connectivity index (χ4v) is 4.01. The van der Waals surface area contributed by atoms with E-state index >= 15 is 0 Å². The Bertz CT molecular complexity index is 702. The summed E-state index contributed by atoms with van der Waals surface area (Å²) in [5.41, 5.74) is 2.40. The van der Waals surface area contributed by atoms with Crippen LogP contribution in [-0.4, -0.2) is 60.3 Å². The van der Waals surface area contributed by atoms with Crippen molar-refractivity contribution < 1.29 is 0 Å². The topological polar surface area (TPSA) is 48.7 Å². The number of aromatic nitrogens is 2. The molecule has 1 unspecified atom stereocenters. The SMILES string of the molecule is CN=C(NCC(c1cccs1)N(C)C)N(C)Cc1cn(C)nc1C(C)C. The average Bonchev–Trinajstić information content (AvgIpc) is 3.21. The number of nitrogens with zero attached hydrogens (tertiary/aromatic N) is 5. The van der Waals surface area contributed by atoms with Crippen molar-refractivity contribution in [3.63, 3.8) is 0 Å². The average molecular weight is 377 g/mol. The number of hydrogen-bond acceptors (Lipinski definition) is 4. The van der Waals surface area contributed by atoms with Crippen LogP contribution in [0.25, 0.3) is 0 Å². The van der Waals surface area contributed by atoms with E-state index in [1.165, 1.54) is 10.4 Å². The van der Waals surface area contributed by atoms with E-state index in [9.17, 15) is 0 Å². The molecule has 7 heteroatoms. The summed E-state index contributed by atoms with van der Waals surface area (Å²) in [4.78, 5) is 10.2. The number of likely N-dealkylation sites (N-methyl/N-ethyl adjacent to an activating group) is 1. The van der Waals surface area contributed by atoms with Gasteiger partial charge in [-0.05, 0) is 31.5 Å². The van der Waals surface area contributed by atoms with Crippen LogP contribution in [0.15, 0.2) is 28.7 Å². The van der Waals surface area contributed by atoms with Crippen molar-refractivity contribution in [2.75, 3.05) is 34.7 Å². The normalized spacial score (nSPS) is 13.5. The first-order chi connectivity index (χ1) is 12.3. The maximum atomic E-state index is 4.60. The van der Waals surface area contributed by atoms with E-state index in [2.05, 4.69) is 83.9 Å². The van der Waals surface area contributed by atoms with E-state index in [4.69, 9.17) is 0 Å². The van der Waals surface area contributed by atoms with E-state index < -0.39 is 0 Å². The van der Waals surface area contributed by atoms with E-state index in [1.54, 1.807) is 11.3 Å². The molecule has 0 radical (unpaired) electrons. The number of guanidine groups is 1. The van der Waals surface area contributed by atoms with Crippen molar-refractivity contribution in [2.24, 2.45) is 12.0 Å². The zero-order valence-corrected chi connectivity index (χ0v) is 17.8. The first kappa shape index (κ1) is 20.5. The Morgan fingerprint density at radius 2 is 2.08 bits per heavy atom. The first-order valence-electron chi connectivity index (χ1n) is 8.97. The summed E-state index contributed by atoms with van der Waals surface area (Å²) in [5, 5.41) is 10.3. The van der Waals surface area contributed by atoms with Crippen molar-refractivity contribution >= 4 is 17.3 Å². The van der Waals surface area contributed by atoms with Gasteiger partial charge in [-0.15, -0.1) is 11.3 Å². The molecule has 2 heterocycles. The van der Waals surface area contributed by atoms with Gasteiger partial charge in [0.2, 0.25) is 0 Å². The summed E-state index contributed by atoms with van der Waals surface area (Å²) in [7, 11) is 10.1. The van der Waals surface area contributed by atoms with Crippen LogP contribution in [0.3, 0.4) is 0 Å². The highest BCUT2D eigenvalue weighted by molar-refractivity contribution is 7.10. The highest BCUT2D eigenvalue weighted by atomic mass is 32.1. The van der Waals surface area contributed by atoms with Crippen LogP contribution in [0.4, 0.5) is 0 Å². The molecule has 2 aromatic rings. The third kappa shape index (κ3) is 5.08. The molecule has 26 heavy (non-hydrogen) atoms. The lowest BCUT2D eigenvalue weighted by atomic mass is 10.1. The summed E-state index contributed by atoms with van der Waals surface area (Å²) in [6.07, 6.45) is 2.10. The summed E-state index contributed by atoms with van der Waals surface area (Å²) < 4.78 is 1.90. The van der Waals surface area contributed by atoms with Crippen molar-refractivity contribution in [2.45, 2.75) is 32.4 Å². The van der Waals surface area contributed by atoms with Crippen LogP contribution in [0, 0.1) is 0 Å². The quantitative estimate of drug-likeness (QED) is 0.596. The highest BCUT2D eigenvalue weighted by Crippen LogP contribution is 2.22. The molecule has 0 saturated carbocycles. The minimum atomic E-state index is 0.324. The maximum Gasteiger partial charge on any atom is 0.193 e. The summed E-state index contributed by atoms with van der Waals surface area (Å²) in [5.74, 6) is 1.30. The van der Waals surface area contributed by atoms with E-state index in [1.807, 2.05) is 18.8 Å². The molecular weight excluding hydrogens is 344 g/mol. The molecule has 0 saturated heterocycles. The van der Waals surface area contributed by atoms with Crippen molar-refractivity contribution in [3.8, 4) is 0 Å². The molecule has 0 spiro atoms. The van der Waals surface area contributed by atoms with Crippen LogP contribution in [0.1, 0.15) is 41.9 Å². The molecule has 144 valence electrons. The molecule has 0 aliphatic carbocycles. The zero-order chi connectivity index (χ0) is 19.3. The molecule has 1 N–H and O–H groups in total. The summed E-state index contributed by atoms with van der Waals surface area (Å²) in [6.45, 7) is 5.96. The predicted molar refractivity (Wildman–Crippen MR) is 111 cm³/mol. The molecule has 0 aliphatic heterocycles. The van der Waals surface area contributed by atoms with E-state index in [0.717, 1.165) is 24.7 Å². The molecule has 0 aromatic carbocycles. The van der Waals surface area contributed by atoms with Gasteiger partial charge in [0.25, 0.3) is 0 Å². The fourth-order valence-electron chi connectivity index (χ4n) is 3.08. The van der Waals surface area contributed by atoms with E-state index in [0.29, 0.717) is 12.0 Å². The minimum absolute atomic E-state index is 0.324. The van der Waals surface area contributed by atoms with Crippen LogP contribution in [0.5, 0.6) is 0 Å². The van der Waals surface area contributed by atoms with Crippen molar-refractivity contribution in [1.82, 2.24) is 24.9 Å². The molecule has 0 fully saturated rings. The smallest absolute Gasteiger partial charge is 0.193 e. The van der Waals surface area contributed by atoms with Gasteiger partial charge in [-0.25, -0.2) is 0 Å². The molecule has 0 amide bonds. The molecule has 0 bridgehead atoms. The van der Waals surface area contributed by atoms with E-state index in [-0.39, 0.29) is 0 Å². The number of rotatable bonds is 7. The van der Waals surface area contributed by atoms with Crippen LogP contribution in [0.2, 0.25) is 0 Å². The molecule has 2 aromatic heterocycles. The van der Waals surface area contributed by atoms with Crippen molar-refractivity contribution in [1.29, 1.82) is 0 Å². The Labute approximate surface area is 161 Å². The Balaban J connectivity index is 2.04. The Kier molecular flexibility index (Phi) is 7.23. The molecule has 0 aliphatic rings. The lowest BCUT2D eigenvalue weighted by molar-refractivity contribution is 0.299. The van der Waals surface area contributed by atoms with Crippen LogP contribution < -0.4 is 5.32 Å². The van der Waals surface area contributed by atoms with Crippen molar-refractivity contribution in [3.05, 3.63) is 39.8 Å². The highest BCUT2D eigenvalue weighted by Gasteiger charge is 2.18. The Hall–Kier alpha value is -1.86. The second kappa shape index (κ2) is 9.19. The first-order valence-corrected chi connectivity index (χ1v) is 9.85. The molecule has 6 nitrogen and oxygen atoms in total. The second-order valence-electron chi connectivity index (χ2n) is 7.15. The summed E-state index contributed by atoms with van der Waals surface area (Å²) >= 11 is 1.79. The Morgan fingerprint density at radius 3 is 2.62 bits per heavy atom. The van der Waals surface area contributed by atoms with Gasteiger partial charge >= 0.3 is 0 Å². The summed E-state index contributed by atoms with van der Waals surface area (Å²) in [6, 6.07) is 4.62. The van der Waals surface area contributed by atoms with Gasteiger partial charge in [0.15, 0.2) is 5.96 Å².